The first-order valence-corrected chi connectivity index (χ1v) is 10.6. The highest BCUT2D eigenvalue weighted by Crippen LogP contribution is 2.34. The molecule has 4 rings (SSSR count). The number of primary amides is 1. The van der Waals surface area contributed by atoms with Crippen LogP contribution in [0.4, 0.5) is 10.5 Å². The number of aliphatic imine (C=N–C) groups is 1. The Hall–Kier alpha value is -4.43. The second kappa shape index (κ2) is 10.0. The molecule has 3 aromatic carbocycles. The third-order valence-electron chi connectivity index (χ3n) is 5.36. The zero-order valence-corrected chi connectivity index (χ0v) is 18.6. The van der Waals surface area contributed by atoms with Gasteiger partial charge in [-0.15, -0.1) is 0 Å². The average Bonchev–Trinajstić information content (AvgIpc) is 3.15. The number of para-hydroxylation sites is 1. The van der Waals surface area contributed by atoms with E-state index in [1.165, 1.54) is 7.11 Å². The van der Waals surface area contributed by atoms with Gasteiger partial charge in [-0.05, 0) is 23.8 Å². The van der Waals surface area contributed by atoms with E-state index in [0.717, 1.165) is 15.7 Å². The van der Waals surface area contributed by atoms with Crippen LogP contribution in [0.1, 0.15) is 16.7 Å². The van der Waals surface area contributed by atoms with Crippen molar-refractivity contribution in [3.05, 3.63) is 95.6 Å². The van der Waals surface area contributed by atoms with Gasteiger partial charge in [0.25, 0.3) is 0 Å². The largest absolute Gasteiger partial charge is 0.494 e. The SMILES string of the molecule is COC(=O)CNCc1ccc(N=C(c2ccccc2)c2c(O)n(C(N)=O)c3ccccc23)cc1. The van der Waals surface area contributed by atoms with Gasteiger partial charge in [-0.1, -0.05) is 60.7 Å². The number of amides is 1. The minimum atomic E-state index is -0.781. The molecule has 4 N–H and O–H groups in total. The minimum absolute atomic E-state index is 0.123. The summed E-state index contributed by atoms with van der Waals surface area (Å²) in [5, 5.41) is 14.7. The molecule has 8 heteroatoms. The van der Waals surface area contributed by atoms with E-state index in [1.54, 1.807) is 12.1 Å². The van der Waals surface area contributed by atoms with Gasteiger partial charge in [0.2, 0.25) is 5.88 Å². The maximum atomic E-state index is 12.1. The molecule has 0 aliphatic carbocycles. The summed E-state index contributed by atoms with van der Waals surface area (Å²) >= 11 is 0. The number of rotatable bonds is 7. The molecule has 34 heavy (non-hydrogen) atoms. The molecule has 0 unspecified atom stereocenters. The summed E-state index contributed by atoms with van der Waals surface area (Å²) in [6, 6.07) is 23.3. The van der Waals surface area contributed by atoms with Crippen LogP contribution in [0.5, 0.6) is 5.88 Å². The number of esters is 1. The molecule has 8 nitrogen and oxygen atoms in total. The molecule has 1 amide bonds. The van der Waals surface area contributed by atoms with Crippen LogP contribution >= 0.6 is 0 Å². The van der Waals surface area contributed by atoms with E-state index in [-0.39, 0.29) is 18.4 Å². The van der Waals surface area contributed by atoms with Crippen molar-refractivity contribution in [1.82, 2.24) is 9.88 Å². The van der Waals surface area contributed by atoms with Gasteiger partial charge in [0.15, 0.2) is 0 Å². The molecule has 1 aromatic heterocycles. The van der Waals surface area contributed by atoms with Gasteiger partial charge >= 0.3 is 12.0 Å². The van der Waals surface area contributed by atoms with Gasteiger partial charge in [0.05, 0.1) is 36.1 Å². The molecule has 0 saturated carbocycles. The van der Waals surface area contributed by atoms with Crippen molar-refractivity contribution in [2.24, 2.45) is 10.7 Å². The maximum absolute atomic E-state index is 12.1. The van der Waals surface area contributed by atoms with Gasteiger partial charge in [-0.2, -0.15) is 0 Å². The Bertz CT molecular complexity index is 1360. The van der Waals surface area contributed by atoms with Crippen LogP contribution in [0.25, 0.3) is 10.9 Å². The Morgan fingerprint density at radius 3 is 2.35 bits per heavy atom. The van der Waals surface area contributed by atoms with Gasteiger partial charge in [0, 0.05) is 17.5 Å². The third-order valence-corrected chi connectivity index (χ3v) is 5.36. The zero-order valence-electron chi connectivity index (χ0n) is 18.6. The molecule has 0 atom stereocenters. The van der Waals surface area contributed by atoms with Crippen molar-refractivity contribution in [2.75, 3.05) is 13.7 Å². The summed E-state index contributed by atoms with van der Waals surface area (Å²) in [4.78, 5) is 28.2. The van der Waals surface area contributed by atoms with Gasteiger partial charge in [0.1, 0.15) is 0 Å². The van der Waals surface area contributed by atoms with Crippen molar-refractivity contribution in [1.29, 1.82) is 0 Å². The summed E-state index contributed by atoms with van der Waals surface area (Å²) in [7, 11) is 1.35. The summed E-state index contributed by atoms with van der Waals surface area (Å²) in [5.74, 6) is -0.594. The number of benzene rings is 3. The molecule has 1 heterocycles. The monoisotopic (exact) mass is 456 g/mol. The van der Waals surface area contributed by atoms with Crippen LogP contribution in [-0.4, -0.2) is 41.0 Å². The number of ether oxygens (including phenoxy) is 1. The summed E-state index contributed by atoms with van der Waals surface area (Å²) in [6.07, 6.45) is 0. The van der Waals surface area contributed by atoms with E-state index in [9.17, 15) is 14.7 Å². The number of hydrogen-bond donors (Lipinski definition) is 3. The molecule has 172 valence electrons. The van der Waals surface area contributed by atoms with Crippen LogP contribution in [0.2, 0.25) is 0 Å². The van der Waals surface area contributed by atoms with E-state index < -0.39 is 6.03 Å². The van der Waals surface area contributed by atoms with Crippen molar-refractivity contribution in [3.63, 3.8) is 0 Å². The second-order valence-electron chi connectivity index (χ2n) is 7.56. The second-order valence-corrected chi connectivity index (χ2v) is 7.56. The predicted octanol–water partition coefficient (Wildman–Crippen LogP) is 3.71. The van der Waals surface area contributed by atoms with E-state index in [4.69, 9.17) is 10.7 Å². The molecule has 0 spiro atoms. The number of nitrogens with one attached hydrogen (secondary N) is 1. The van der Waals surface area contributed by atoms with Crippen LogP contribution in [-0.2, 0) is 16.1 Å². The van der Waals surface area contributed by atoms with Crippen LogP contribution in [0.15, 0.2) is 83.9 Å². The molecular formula is C26H24N4O4. The van der Waals surface area contributed by atoms with Crippen molar-refractivity contribution in [2.45, 2.75) is 6.54 Å². The Morgan fingerprint density at radius 2 is 1.68 bits per heavy atom. The fraction of sp³-hybridized carbons (Fsp3) is 0.115. The standard InChI is InChI=1S/C26H24N4O4/c1-34-22(31)16-28-15-17-11-13-19(14-12-17)29-24(18-7-3-2-4-8-18)23-20-9-5-6-10-21(20)30(25(23)32)26(27)33/h2-14,28,32H,15-16H2,1H3,(H2,27,33). The van der Waals surface area contributed by atoms with Crippen molar-refractivity contribution >= 4 is 34.3 Å². The summed E-state index contributed by atoms with van der Waals surface area (Å²) in [6.45, 7) is 0.620. The van der Waals surface area contributed by atoms with Crippen molar-refractivity contribution in [3.8, 4) is 5.88 Å². The predicted molar refractivity (Wildman–Crippen MR) is 130 cm³/mol. The molecule has 0 fully saturated rings. The van der Waals surface area contributed by atoms with Crippen molar-refractivity contribution < 1.29 is 19.4 Å². The van der Waals surface area contributed by atoms with Gasteiger partial charge in [-0.3, -0.25) is 4.79 Å². The first-order chi connectivity index (χ1) is 16.5. The molecule has 4 aromatic rings. The third kappa shape index (κ3) is 4.67. The first-order valence-electron chi connectivity index (χ1n) is 10.6. The Balaban J connectivity index is 1.77. The Kier molecular flexibility index (Phi) is 6.70. The number of methoxy groups -OCH3 is 1. The van der Waals surface area contributed by atoms with E-state index >= 15 is 0 Å². The number of aromatic hydroxyl groups is 1. The lowest BCUT2D eigenvalue weighted by atomic mass is 10.0. The number of nitrogens with two attached hydrogens (primary N) is 1. The van der Waals surface area contributed by atoms with E-state index in [2.05, 4.69) is 10.1 Å². The van der Waals surface area contributed by atoms with Crippen LogP contribution in [0, 0.1) is 0 Å². The van der Waals surface area contributed by atoms with E-state index in [1.807, 2.05) is 66.7 Å². The topological polar surface area (TPSA) is 119 Å². The number of carbonyl (C=O) groups is 2. The number of aromatic nitrogens is 1. The zero-order chi connectivity index (χ0) is 24.1. The van der Waals surface area contributed by atoms with Crippen LogP contribution in [0.3, 0.4) is 0 Å². The number of nitrogens with zero attached hydrogens (tertiary/aromatic N) is 2. The van der Waals surface area contributed by atoms with Gasteiger partial charge < -0.3 is 20.9 Å². The quantitative estimate of drug-likeness (QED) is 0.289. The molecule has 0 aliphatic rings. The minimum Gasteiger partial charge on any atom is -0.494 e. The molecular weight excluding hydrogens is 432 g/mol. The fourth-order valence-electron chi connectivity index (χ4n) is 3.74. The summed E-state index contributed by atoms with van der Waals surface area (Å²) in [5.41, 5.74) is 9.38. The van der Waals surface area contributed by atoms with E-state index in [0.29, 0.717) is 34.4 Å². The molecule has 0 saturated heterocycles. The lowest BCUT2D eigenvalue weighted by Gasteiger charge is -2.09. The highest BCUT2D eigenvalue weighted by Gasteiger charge is 2.24. The lowest BCUT2D eigenvalue weighted by molar-refractivity contribution is -0.139. The maximum Gasteiger partial charge on any atom is 0.326 e. The fourth-order valence-corrected chi connectivity index (χ4v) is 3.74. The molecule has 0 bridgehead atoms. The Labute approximate surface area is 196 Å². The first kappa shape index (κ1) is 22.8. The number of carbonyl (C=O) groups excluding carboxylic acids is 2. The Morgan fingerprint density at radius 1 is 1.00 bits per heavy atom. The smallest absolute Gasteiger partial charge is 0.326 e. The van der Waals surface area contributed by atoms with Gasteiger partial charge in [-0.25, -0.2) is 14.4 Å². The molecule has 0 radical (unpaired) electrons. The lowest BCUT2D eigenvalue weighted by Crippen LogP contribution is -2.23. The highest BCUT2D eigenvalue weighted by atomic mass is 16.5. The van der Waals surface area contributed by atoms with Crippen LogP contribution < -0.4 is 11.1 Å². The highest BCUT2D eigenvalue weighted by molar-refractivity contribution is 6.23. The number of fused-ring (bicyclic) bond motifs is 1. The number of hydrogen-bond acceptors (Lipinski definition) is 6. The summed E-state index contributed by atoms with van der Waals surface area (Å²) < 4.78 is 5.70. The molecule has 0 aliphatic heterocycles. The average molecular weight is 457 g/mol. The normalized spacial score (nSPS) is 11.5.